The topological polar surface area (TPSA) is 119 Å². The van der Waals surface area contributed by atoms with E-state index in [1.165, 1.54) is 18.7 Å². The molecule has 1 aliphatic rings. The lowest BCUT2D eigenvalue weighted by molar-refractivity contribution is -0.118. The Bertz CT molecular complexity index is 717. The van der Waals surface area contributed by atoms with Crippen molar-refractivity contribution in [2.24, 2.45) is 0 Å². The minimum Gasteiger partial charge on any atom is -0.482 e. The van der Waals surface area contributed by atoms with Crippen LogP contribution in [-0.2, 0) is 4.79 Å². The Morgan fingerprint density at radius 1 is 1.33 bits per heavy atom. The Hall–Kier alpha value is -3.16. The van der Waals surface area contributed by atoms with E-state index in [2.05, 4.69) is 20.6 Å². The Morgan fingerprint density at radius 3 is 2.86 bits per heavy atom. The van der Waals surface area contributed by atoms with Gasteiger partial charge in [-0.15, -0.1) is 0 Å². The summed E-state index contributed by atoms with van der Waals surface area (Å²) in [5.74, 6) is -0.195. The molecule has 2 amide bonds. The van der Waals surface area contributed by atoms with Gasteiger partial charge in [0.2, 0.25) is 0 Å². The third-order valence-corrected chi connectivity index (χ3v) is 2.86. The molecule has 0 saturated heterocycles. The standard InChI is InChI=1S/C13H11N5O3/c14-8-1-11-10(17-12(19)5-21-11)2-9(8)18-13(20)7-3-15-6-16-4-7/h1-4,6H,5,14H2,(H,17,19)(H,18,20). The van der Waals surface area contributed by atoms with Gasteiger partial charge in [-0.05, 0) is 6.07 Å². The largest absolute Gasteiger partial charge is 0.482 e. The van der Waals surface area contributed by atoms with Crippen LogP contribution in [0.25, 0.3) is 0 Å². The Labute approximate surface area is 119 Å². The summed E-state index contributed by atoms with van der Waals surface area (Å²) in [7, 11) is 0. The number of rotatable bonds is 2. The summed E-state index contributed by atoms with van der Waals surface area (Å²) in [6.45, 7) is -0.0561. The van der Waals surface area contributed by atoms with Crippen LogP contribution in [0.4, 0.5) is 17.1 Å². The molecule has 3 rings (SSSR count). The highest BCUT2D eigenvalue weighted by Gasteiger charge is 2.19. The minimum atomic E-state index is -0.398. The average Bonchev–Trinajstić information content (AvgIpc) is 2.49. The lowest BCUT2D eigenvalue weighted by Gasteiger charge is -2.20. The van der Waals surface area contributed by atoms with Gasteiger partial charge >= 0.3 is 0 Å². The summed E-state index contributed by atoms with van der Waals surface area (Å²) in [5.41, 5.74) is 7.32. The van der Waals surface area contributed by atoms with Crippen molar-refractivity contribution in [3.63, 3.8) is 0 Å². The second kappa shape index (κ2) is 5.08. The van der Waals surface area contributed by atoms with Crippen LogP contribution >= 0.6 is 0 Å². The first-order valence-corrected chi connectivity index (χ1v) is 6.06. The number of ether oxygens (including phenoxy) is 1. The van der Waals surface area contributed by atoms with Crippen LogP contribution in [0.1, 0.15) is 10.4 Å². The monoisotopic (exact) mass is 285 g/mol. The van der Waals surface area contributed by atoms with Gasteiger partial charge in [0, 0.05) is 18.5 Å². The third-order valence-electron chi connectivity index (χ3n) is 2.86. The van der Waals surface area contributed by atoms with Crippen LogP contribution in [0, 0.1) is 0 Å². The fourth-order valence-corrected chi connectivity index (χ4v) is 1.86. The van der Waals surface area contributed by atoms with E-state index in [9.17, 15) is 9.59 Å². The number of fused-ring (bicyclic) bond motifs is 1. The number of hydrogen-bond donors (Lipinski definition) is 3. The smallest absolute Gasteiger partial charge is 0.262 e. The van der Waals surface area contributed by atoms with Crippen molar-refractivity contribution in [1.82, 2.24) is 9.97 Å². The molecule has 0 aliphatic carbocycles. The van der Waals surface area contributed by atoms with Crippen molar-refractivity contribution < 1.29 is 14.3 Å². The molecule has 0 fully saturated rings. The van der Waals surface area contributed by atoms with Gasteiger partial charge in [0.1, 0.15) is 12.1 Å². The maximum atomic E-state index is 12.0. The van der Waals surface area contributed by atoms with E-state index in [1.807, 2.05) is 0 Å². The van der Waals surface area contributed by atoms with E-state index in [0.717, 1.165) is 0 Å². The maximum absolute atomic E-state index is 12.0. The van der Waals surface area contributed by atoms with E-state index in [4.69, 9.17) is 10.5 Å². The Kier molecular flexibility index (Phi) is 3.11. The molecule has 2 aromatic rings. The molecule has 21 heavy (non-hydrogen) atoms. The van der Waals surface area contributed by atoms with E-state index < -0.39 is 5.91 Å². The number of carbonyl (C=O) groups excluding carboxylic acids is 2. The lowest BCUT2D eigenvalue weighted by atomic mass is 10.2. The normalized spacial score (nSPS) is 12.9. The zero-order valence-electron chi connectivity index (χ0n) is 10.8. The van der Waals surface area contributed by atoms with E-state index >= 15 is 0 Å². The van der Waals surface area contributed by atoms with Gasteiger partial charge in [-0.2, -0.15) is 0 Å². The SMILES string of the molecule is Nc1cc2c(cc1NC(=O)c1cncnc1)NC(=O)CO2. The molecule has 4 N–H and O–H groups in total. The Balaban J connectivity index is 1.87. The first-order valence-electron chi connectivity index (χ1n) is 6.06. The average molecular weight is 285 g/mol. The highest BCUT2D eigenvalue weighted by atomic mass is 16.5. The Morgan fingerprint density at radius 2 is 2.10 bits per heavy atom. The molecule has 106 valence electrons. The molecule has 1 aliphatic heterocycles. The van der Waals surface area contributed by atoms with Crippen LogP contribution in [0.3, 0.4) is 0 Å². The summed E-state index contributed by atoms with van der Waals surface area (Å²) >= 11 is 0. The third kappa shape index (κ3) is 2.59. The quantitative estimate of drug-likeness (QED) is 0.697. The van der Waals surface area contributed by atoms with Crippen molar-refractivity contribution in [2.45, 2.75) is 0 Å². The van der Waals surface area contributed by atoms with Gasteiger partial charge in [-0.3, -0.25) is 9.59 Å². The number of amides is 2. The van der Waals surface area contributed by atoms with E-state index in [-0.39, 0.29) is 12.5 Å². The van der Waals surface area contributed by atoms with Crippen LogP contribution in [0.2, 0.25) is 0 Å². The van der Waals surface area contributed by atoms with Gasteiger partial charge in [0.25, 0.3) is 11.8 Å². The van der Waals surface area contributed by atoms with Gasteiger partial charge in [-0.25, -0.2) is 9.97 Å². The molecule has 8 heteroatoms. The van der Waals surface area contributed by atoms with Crippen LogP contribution in [0.5, 0.6) is 5.75 Å². The van der Waals surface area contributed by atoms with Gasteiger partial charge in [0.15, 0.2) is 6.61 Å². The molecule has 1 aromatic carbocycles. The predicted molar refractivity (Wildman–Crippen MR) is 75.0 cm³/mol. The number of nitrogens with two attached hydrogens (primary N) is 1. The number of nitrogens with zero attached hydrogens (tertiary/aromatic N) is 2. The summed E-state index contributed by atoms with van der Waals surface area (Å²) < 4.78 is 5.24. The van der Waals surface area contributed by atoms with E-state index in [1.54, 1.807) is 12.1 Å². The number of benzene rings is 1. The van der Waals surface area contributed by atoms with Crippen molar-refractivity contribution in [1.29, 1.82) is 0 Å². The summed E-state index contributed by atoms with van der Waals surface area (Å²) in [6.07, 6.45) is 4.11. The summed E-state index contributed by atoms with van der Waals surface area (Å²) in [6, 6.07) is 3.09. The molecule has 8 nitrogen and oxygen atoms in total. The highest BCUT2D eigenvalue weighted by Crippen LogP contribution is 2.35. The van der Waals surface area contributed by atoms with Crippen LogP contribution in [-0.4, -0.2) is 28.4 Å². The highest BCUT2D eigenvalue weighted by molar-refractivity contribution is 6.06. The van der Waals surface area contributed by atoms with Crippen molar-refractivity contribution in [3.05, 3.63) is 36.4 Å². The zero-order valence-corrected chi connectivity index (χ0v) is 10.8. The molecule has 0 unspecified atom stereocenters. The van der Waals surface area contributed by atoms with Gasteiger partial charge < -0.3 is 21.1 Å². The van der Waals surface area contributed by atoms with Gasteiger partial charge in [-0.1, -0.05) is 0 Å². The molecule has 0 radical (unpaired) electrons. The zero-order chi connectivity index (χ0) is 14.8. The number of aromatic nitrogens is 2. The second-order valence-electron chi connectivity index (χ2n) is 4.35. The molecule has 0 bridgehead atoms. The molecular formula is C13H11N5O3. The number of anilines is 3. The number of hydrogen-bond acceptors (Lipinski definition) is 6. The van der Waals surface area contributed by atoms with Crippen molar-refractivity contribution in [2.75, 3.05) is 23.0 Å². The molecule has 0 saturated carbocycles. The number of nitrogen functional groups attached to an aromatic ring is 1. The molecule has 0 spiro atoms. The predicted octanol–water partition coefficient (Wildman–Crippen LogP) is 0.642. The molecule has 2 heterocycles. The second-order valence-corrected chi connectivity index (χ2v) is 4.35. The summed E-state index contributed by atoms with van der Waals surface area (Å²) in [4.78, 5) is 30.9. The lowest BCUT2D eigenvalue weighted by Crippen LogP contribution is -2.25. The number of nitrogens with one attached hydrogen (secondary N) is 2. The fourth-order valence-electron chi connectivity index (χ4n) is 1.86. The number of carbonyl (C=O) groups is 2. The molecular weight excluding hydrogens is 274 g/mol. The van der Waals surface area contributed by atoms with Crippen LogP contribution in [0.15, 0.2) is 30.9 Å². The first-order chi connectivity index (χ1) is 10.1. The maximum Gasteiger partial charge on any atom is 0.262 e. The fraction of sp³-hybridized carbons (Fsp3) is 0.0769. The first kappa shape index (κ1) is 12.9. The molecule has 1 aromatic heterocycles. The van der Waals surface area contributed by atoms with Gasteiger partial charge in [0.05, 0.1) is 22.6 Å². The van der Waals surface area contributed by atoms with Crippen LogP contribution < -0.4 is 21.1 Å². The molecule has 0 atom stereocenters. The van der Waals surface area contributed by atoms with Crippen molar-refractivity contribution in [3.8, 4) is 5.75 Å². The van der Waals surface area contributed by atoms with E-state index in [0.29, 0.717) is 28.4 Å². The van der Waals surface area contributed by atoms with Crippen molar-refractivity contribution >= 4 is 28.9 Å². The minimum absolute atomic E-state index is 0.0561. The summed E-state index contributed by atoms with van der Waals surface area (Å²) in [5, 5.41) is 5.29.